The standard InChI is InChI=1S/C22H42N2O.C3H6N2/c1-2-3-4-5-6-7-8-9-10-11-12-13-14-15-16-17-22-23-18-19-24(22)20-21-25;1-2-5-3-4-1/h16-17,25H,2-15,18-21H2,1H3;3H,1-2H2,(H,4,5). The molecule has 0 aliphatic carbocycles. The highest BCUT2D eigenvalue weighted by atomic mass is 16.3. The van der Waals surface area contributed by atoms with Crippen LogP contribution in [0.4, 0.5) is 0 Å². The third kappa shape index (κ3) is 15.5. The summed E-state index contributed by atoms with van der Waals surface area (Å²) in [5.41, 5.74) is 0. The molecule has 30 heavy (non-hydrogen) atoms. The highest BCUT2D eigenvalue weighted by Crippen LogP contribution is 2.13. The summed E-state index contributed by atoms with van der Waals surface area (Å²) in [4.78, 5) is 10.5. The van der Waals surface area contributed by atoms with Crippen molar-refractivity contribution in [2.45, 2.75) is 96.8 Å². The Balaban J connectivity index is 0.000000780. The van der Waals surface area contributed by atoms with Crippen LogP contribution in [0.5, 0.6) is 0 Å². The monoisotopic (exact) mass is 420 g/mol. The van der Waals surface area contributed by atoms with Gasteiger partial charge in [0.25, 0.3) is 0 Å². The molecule has 5 nitrogen and oxygen atoms in total. The van der Waals surface area contributed by atoms with Crippen molar-refractivity contribution in [1.82, 2.24) is 10.2 Å². The highest BCUT2D eigenvalue weighted by molar-refractivity contribution is 5.94. The maximum Gasteiger partial charge on any atom is 0.123 e. The van der Waals surface area contributed by atoms with E-state index in [9.17, 15) is 0 Å². The molecule has 0 spiro atoms. The minimum atomic E-state index is 0.214. The van der Waals surface area contributed by atoms with E-state index >= 15 is 0 Å². The summed E-state index contributed by atoms with van der Waals surface area (Å²) in [5.74, 6) is 1.06. The number of amidine groups is 1. The van der Waals surface area contributed by atoms with Crippen LogP contribution in [0.25, 0.3) is 0 Å². The van der Waals surface area contributed by atoms with Crippen LogP contribution in [0, 0.1) is 0 Å². The molecule has 0 radical (unpaired) electrons. The topological polar surface area (TPSA) is 60.2 Å². The van der Waals surface area contributed by atoms with Gasteiger partial charge in [-0.1, -0.05) is 90.0 Å². The fourth-order valence-corrected chi connectivity index (χ4v) is 3.80. The first-order chi connectivity index (χ1) is 14.9. The summed E-state index contributed by atoms with van der Waals surface area (Å²) in [6.45, 7) is 7.03. The van der Waals surface area contributed by atoms with Gasteiger partial charge in [-0.3, -0.25) is 9.98 Å². The number of rotatable bonds is 17. The summed E-state index contributed by atoms with van der Waals surface area (Å²) < 4.78 is 0. The molecule has 0 aromatic carbocycles. The van der Waals surface area contributed by atoms with Crippen LogP contribution in [0.3, 0.4) is 0 Å². The maximum atomic E-state index is 9.03. The van der Waals surface area contributed by atoms with Gasteiger partial charge in [-0.25, -0.2) is 0 Å². The van der Waals surface area contributed by atoms with Crippen LogP contribution in [0.1, 0.15) is 96.8 Å². The first-order valence-electron chi connectivity index (χ1n) is 12.7. The zero-order chi connectivity index (χ0) is 21.5. The Morgan fingerprint density at radius 1 is 0.933 bits per heavy atom. The van der Waals surface area contributed by atoms with Gasteiger partial charge in [0.2, 0.25) is 0 Å². The van der Waals surface area contributed by atoms with Crippen molar-refractivity contribution in [3.05, 3.63) is 12.2 Å². The Morgan fingerprint density at radius 3 is 2.07 bits per heavy atom. The van der Waals surface area contributed by atoms with Crippen molar-refractivity contribution >= 4 is 12.2 Å². The average molecular weight is 421 g/mol. The van der Waals surface area contributed by atoms with Crippen molar-refractivity contribution in [3.8, 4) is 0 Å². The maximum absolute atomic E-state index is 9.03. The third-order valence-electron chi connectivity index (χ3n) is 5.65. The predicted molar refractivity (Wildman–Crippen MR) is 132 cm³/mol. The molecule has 2 rings (SSSR count). The van der Waals surface area contributed by atoms with Gasteiger partial charge in [-0.15, -0.1) is 0 Å². The fraction of sp³-hybridized carbons (Fsp3) is 0.840. The van der Waals surface area contributed by atoms with Gasteiger partial charge >= 0.3 is 0 Å². The Morgan fingerprint density at radius 2 is 1.57 bits per heavy atom. The Labute approximate surface area is 186 Å². The molecule has 0 atom stereocenters. The van der Waals surface area contributed by atoms with Gasteiger partial charge in [-0.05, 0) is 18.9 Å². The highest BCUT2D eigenvalue weighted by Gasteiger charge is 2.12. The van der Waals surface area contributed by atoms with E-state index in [1.165, 1.54) is 83.5 Å². The first-order valence-corrected chi connectivity index (χ1v) is 12.7. The minimum Gasteiger partial charge on any atom is -0.395 e. The number of nitrogens with one attached hydrogen (secondary N) is 1. The zero-order valence-corrected chi connectivity index (χ0v) is 19.7. The Hall–Kier alpha value is -1.36. The number of aliphatic hydroxyl groups excluding tert-OH is 1. The van der Waals surface area contributed by atoms with E-state index in [1.807, 2.05) is 0 Å². The molecule has 5 heteroatoms. The molecular formula is C25H48N4O. The van der Waals surface area contributed by atoms with Gasteiger partial charge < -0.3 is 15.3 Å². The summed E-state index contributed by atoms with van der Waals surface area (Å²) >= 11 is 0. The van der Waals surface area contributed by atoms with E-state index in [0.717, 1.165) is 38.4 Å². The zero-order valence-electron chi connectivity index (χ0n) is 19.7. The van der Waals surface area contributed by atoms with Gasteiger partial charge in [0, 0.05) is 19.6 Å². The Kier molecular flexibility index (Phi) is 18.6. The summed E-state index contributed by atoms with van der Waals surface area (Å²) in [5, 5.41) is 12.0. The van der Waals surface area contributed by atoms with E-state index in [0.29, 0.717) is 6.54 Å². The first kappa shape index (κ1) is 26.7. The van der Waals surface area contributed by atoms with E-state index in [2.05, 4.69) is 39.3 Å². The van der Waals surface area contributed by atoms with E-state index in [-0.39, 0.29) is 6.61 Å². The lowest BCUT2D eigenvalue weighted by molar-refractivity contribution is 0.257. The number of hydrogen-bond donors (Lipinski definition) is 2. The molecule has 0 bridgehead atoms. The summed E-state index contributed by atoms with van der Waals surface area (Å²) in [6.07, 6.45) is 25.6. The smallest absolute Gasteiger partial charge is 0.123 e. The van der Waals surface area contributed by atoms with Crippen LogP contribution >= 0.6 is 0 Å². The van der Waals surface area contributed by atoms with Crippen LogP contribution in [-0.4, -0.2) is 61.5 Å². The van der Waals surface area contributed by atoms with Gasteiger partial charge in [-0.2, -0.15) is 0 Å². The average Bonchev–Trinajstić information content (AvgIpc) is 3.47. The third-order valence-corrected chi connectivity index (χ3v) is 5.65. The number of β-amino-alcohol motifs (C(OH)–C–C–N with tert-alkyl or cyclic N) is 1. The molecule has 0 amide bonds. The van der Waals surface area contributed by atoms with Crippen molar-refractivity contribution in [3.63, 3.8) is 0 Å². The molecule has 0 fully saturated rings. The van der Waals surface area contributed by atoms with E-state index < -0.39 is 0 Å². The van der Waals surface area contributed by atoms with Crippen LogP contribution in [-0.2, 0) is 0 Å². The number of unbranched alkanes of at least 4 members (excludes halogenated alkanes) is 13. The molecule has 0 saturated heterocycles. The second-order valence-electron chi connectivity index (χ2n) is 8.37. The number of aliphatic imine (C=N–C) groups is 2. The lowest BCUT2D eigenvalue weighted by Crippen LogP contribution is -2.29. The van der Waals surface area contributed by atoms with Gasteiger partial charge in [0.1, 0.15) is 5.84 Å². The summed E-state index contributed by atoms with van der Waals surface area (Å²) in [6, 6.07) is 0. The molecule has 174 valence electrons. The van der Waals surface area contributed by atoms with E-state index in [4.69, 9.17) is 5.11 Å². The second kappa shape index (κ2) is 20.9. The predicted octanol–water partition coefficient (Wildman–Crippen LogP) is 5.35. The summed E-state index contributed by atoms with van der Waals surface area (Å²) in [7, 11) is 0. The molecule has 0 aromatic rings. The lowest BCUT2D eigenvalue weighted by Gasteiger charge is -2.16. The molecule has 2 N–H and O–H groups in total. The molecular weight excluding hydrogens is 372 g/mol. The number of allylic oxidation sites excluding steroid dienone is 1. The van der Waals surface area contributed by atoms with Crippen molar-refractivity contribution in [1.29, 1.82) is 0 Å². The minimum absolute atomic E-state index is 0.214. The molecule has 0 unspecified atom stereocenters. The fourth-order valence-electron chi connectivity index (χ4n) is 3.80. The van der Waals surface area contributed by atoms with Crippen molar-refractivity contribution in [2.75, 3.05) is 39.3 Å². The lowest BCUT2D eigenvalue weighted by atomic mass is 10.0. The van der Waals surface area contributed by atoms with Crippen LogP contribution in [0.15, 0.2) is 22.1 Å². The van der Waals surface area contributed by atoms with E-state index in [1.54, 1.807) is 6.34 Å². The molecule has 2 aliphatic heterocycles. The van der Waals surface area contributed by atoms with Crippen LogP contribution < -0.4 is 5.32 Å². The van der Waals surface area contributed by atoms with Crippen molar-refractivity contribution in [2.24, 2.45) is 9.98 Å². The molecule has 0 saturated carbocycles. The molecule has 0 aromatic heterocycles. The number of aliphatic hydroxyl groups is 1. The Bertz CT molecular complexity index is 456. The quantitative estimate of drug-likeness (QED) is 0.312. The molecule has 2 heterocycles. The normalized spacial score (nSPS) is 15.4. The SMILES string of the molecule is C1=NCCN1.CCCCCCCCCCCCCCCC=CC1=NCCN1CCO. The molecule has 2 aliphatic rings. The van der Waals surface area contributed by atoms with Gasteiger partial charge in [0.15, 0.2) is 0 Å². The van der Waals surface area contributed by atoms with Crippen LogP contribution in [0.2, 0.25) is 0 Å². The largest absolute Gasteiger partial charge is 0.395 e. The van der Waals surface area contributed by atoms with Gasteiger partial charge in [0.05, 0.1) is 26.0 Å². The number of hydrogen-bond acceptors (Lipinski definition) is 5. The second-order valence-corrected chi connectivity index (χ2v) is 8.37. The van der Waals surface area contributed by atoms with Crippen molar-refractivity contribution < 1.29 is 5.11 Å². The number of nitrogens with zero attached hydrogens (tertiary/aromatic N) is 3.